The average Bonchev–Trinajstić information content (AvgIpc) is 2.79. The number of hydrogen-bond acceptors (Lipinski definition) is 3. The van der Waals surface area contributed by atoms with E-state index in [1.165, 1.54) is 16.3 Å². The van der Waals surface area contributed by atoms with Crippen molar-refractivity contribution in [1.29, 1.82) is 0 Å². The summed E-state index contributed by atoms with van der Waals surface area (Å²) in [5, 5.41) is 14.2. The first-order chi connectivity index (χ1) is 15.5. The molecule has 0 aliphatic rings. The number of hydrogen-bond donors (Lipinski definition) is 3. The maximum atomic E-state index is 11.6. The Hall–Kier alpha value is -2.69. The second-order valence-corrected chi connectivity index (χ2v) is 9.12. The quantitative estimate of drug-likeness (QED) is 0.196. The van der Waals surface area contributed by atoms with E-state index < -0.39 is 5.97 Å². The van der Waals surface area contributed by atoms with E-state index in [-0.39, 0.29) is 5.92 Å². The molecule has 0 bridgehead atoms. The highest BCUT2D eigenvalue weighted by molar-refractivity contribution is 7.80. The lowest BCUT2D eigenvalue weighted by molar-refractivity contribution is -0.132. The molecule has 0 aliphatic carbocycles. The zero-order valence-electron chi connectivity index (χ0n) is 18.0. The average molecular weight is 459 g/mol. The monoisotopic (exact) mass is 458 g/mol. The van der Waals surface area contributed by atoms with Gasteiger partial charge in [0.2, 0.25) is 0 Å². The van der Waals surface area contributed by atoms with Crippen molar-refractivity contribution in [1.82, 2.24) is 0 Å². The van der Waals surface area contributed by atoms with Crippen LogP contribution in [-0.4, -0.2) is 11.1 Å². The molecule has 0 saturated carbocycles. The molecule has 2 nitrogen and oxygen atoms in total. The number of aryl methyl sites for hydroxylation is 1. The van der Waals surface area contributed by atoms with E-state index in [9.17, 15) is 9.90 Å². The van der Waals surface area contributed by atoms with Crippen LogP contribution in [0.15, 0.2) is 94.2 Å². The lowest BCUT2D eigenvalue weighted by Crippen LogP contribution is -2.04. The number of carbonyl (C=O) groups is 1. The second kappa shape index (κ2) is 9.85. The molecule has 0 saturated heterocycles. The number of aliphatic carboxylic acids is 1. The van der Waals surface area contributed by atoms with Gasteiger partial charge in [0.15, 0.2) is 0 Å². The van der Waals surface area contributed by atoms with Gasteiger partial charge >= 0.3 is 5.97 Å². The van der Waals surface area contributed by atoms with Crippen molar-refractivity contribution in [2.24, 2.45) is 0 Å². The summed E-state index contributed by atoms with van der Waals surface area (Å²) in [5.74, 6) is -0.925. The molecule has 0 fully saturated rings. The summed E-state index contributed by atoms with van der Waals surface area (Å²) in [6.07, 6.45) is 4.49. The number of fused-ring (bicyclic) bond motifs is 2. The fourth-order valence-electron chi connectivity index (χ4n) is 4.44. The van der Waals surface area contributed by atoms with E-state index >= 15 is 0 Å². The highest BCUT2D eigenvalue weighted by Crippen LogP contribution is 2.36. The van der Waals surface area contributed by atoms with Gasteiger partial charge in [-0.2, -0.15) is 0 Å². The maximum Gasteiger partial charge on any atom is 0.330 e. The second-order valence-electron chi connectivity index (χ2n) is 8.16. The normalized spacial score (nSPS) is 12.9. The van der Waals surface area contributed by atoms with E-state index in [0.29, 0.717) is 5.57 Å². The number of allylic oxidation sites excluding steroid dienone is 1. The van der Waals surface area contributed by atoms with Crippen molar-refractivity contribution in [2.45, 2.75) is 41.9 Å². The smallest absolute Gasteiger partial charge is 0.330 e. The van der Waals surface area contributed by atoms with Crippen molar-refractivity contribution < 1.29 is 9.90 Å². The van der Waals surface area contributed by atoms with Crippen molar-refractivity contribution in [3.05, 3.63) is 95.6 Å². The van der Waals surface area contributed by atoms with Gasteiger partial charge in [0.1, 0.15) is 0 Å². The van der Waals surface area contributed by atoms with Gasteiger partial charge in [0.05, 0.1) is 0 Å². The molecule has 32 heavy (non-hydrogen) atoms. The highest BCUT2D eigenvalue weighted by atomic mass is 32.1. The molecule has 0 spiro atoms. The summed E-state index contributed by atoms with van der Waals surface area (Å²) in [6.45, 7) is 1.66. The topological polar surface area (TPSA) is 37.3 Å². The van der Waals surface area contributed by atoms with Crippen molar-refractivity contribution in [3.63, 3.8) is 0 Å². The van der Waals surface area contributed by atoms with Gasteiger partial charge < -0.3 is 5.11 Å². The third kappa shape index (κ3) is 4.72. The summed E-state index contributed by atoms with van der Waals surface area (Å²) >= 11 is 9.47. The minimum Gasteiger partial charge on any atom is -0.478 e. The van der Waals surface area contributed by atoms with E-state index in [0.717, 1.165) is 45.4 Å². The first-order valence-corrected chi connectivity index (χ1v) is 11.7. The third-order valence-corrected chi connectivity index (χ3v) is 6.87. The van der Waals surface area contributed by atoms with Gasteiger partial charge in [-0.15, -0.1) is 25.3 Å². The number of carboxylic acid groups (broad SMARTS) is 1. The van der Waals surface area contributed by atoms with Crippen molar-refractivity contribution in [2.75, 3.05) is 0 Å². The molecule has 0 radical (unpaired) electrons. The highest BCUT2D eigenvalue weighted by Gasteiger charge is 2.18. The predicted octanol–water partition coefficient (Wildman–Crippen LogP) is 7.71. The van der Waals surface area contributed by atoms with E-state index in [4.69, 9.17) is 25.3 Å². The standard InChI is InChI=1S/C28H26O2S2/c1-18(28(29)30)17-21(27-23-11-5-3-8-20(23)14-16-26(27)32)9-6-12-24-22-10-4-2-7-19(22)13-15-25(24)31/h2-5,7-8,10-11,13-17,21,31-32H,6,9,12H2,1H3,(H,29,30)/b18-17+. The fourth-order valence-corrected chi connectivity index (χ4v) is 5.11. The Bertz CT molecular complexity index is 1320. The van der Waals surface area contributed by atoms with Crippen LogP contribution in [0.1, 0.15) is 36.8 Å². The minimum absolute atomic E-state index is 0.0388. The predicted molar refractivity (Wildman–Crippen MR) is 139 cm³/mol. The van der Waals surface area contributed by atoms with Gasteiger partial charge in [0, 0.05) is 21.3 Å². The van der Waals surface area contributed by atoms with Gasteiger partial charge in [0.25, 0.3) is 0 Å². The molecule has 4 aromatic carbocycles. The molecule has 1 atom stereocenters. The van der Waals surface area contributed by atoms with Gasteiger partial charge in [-0.05, 0) is 71.0 Å². The Kier molecular flexibility index (Phi) is 6.92. The number of carboxylic acids is 1. The molecular weight excluding hydrogens is 432 g/mol. The van der Waals surface area contributed by atoms with Gasteiger partial charge in [-0.25, -0.2) is 4.79 Å². The molecule has 1 unspecified atom stereocenters. The van der Waals surface area contributed by atoms with Crippen LogP contribution in [0.5, 0.6) is 0 Å². The Labute approximate surface area is 199 Å². The number of rotatable bonds is 7. The van der Waals surface area contributed by atoms with Crippen LogP contribution < -0.4 is 0 Å². The largest absolute Gasteiger partial charge is 0.478 e. The molecule has 0 aliphatic heterocycles. The lowest BCUT2D eigenvalue weighted by Gasteiger charge is -2.19. The summed E-state index contributed by atoms with van der Waals surface area (Å²) in [4.78, 5) is 13.5. The zero-order chi connectivity index (χ0) is 22.7. The molecular formula is C28H26O2S2. The van der Waals surface area contributed by atoms with Crippen LogP contribution in [-0.2, 0) is 11.2 Å². The molecule has 0 amide bonds. The van der Waals surface area contributed by atoms with Crippen LogP contribution >= 0.6 is 25.3 Å². The summed E-state index contributed by atoms with van der Waals surface area (Å²) in [7, 11) is 0. The Morgan fingerprint density at radius 2 is 1.47 bits per heavy atom. The van der Waals surface area contributed by atoms with E-state index in [1.807, 2.05) is 24.3 Å². The molecule has 0 aromatic heterocycles. The summed E-state index contributed by atoms with van der Waals surface area (Å²) in [5.41, 5.74) is 2.69. The van der Waals surface area contributed by atoms with Crippen LogP contribution in [0.3, 0.4) is 0 Å². The Balaban J connectivity index is 1.69. The van der Waals surface area contributed by atoms with Crippen LogP contribution in [0.4, 0.5) is 0 Å². The Morgan fingerprint density at radius 3 is 2.16 bits per heavy atom. The molecule has 1 N–H and O–H groups in total. The lowest BCUT2D eigenvalue weighted by atomic mass is 9.87. The minimum atomic E-state index is -0.886. The zero-order valence-corrected chi connectivity index (χ0v) is 19.7. The van der Waals surface area contributed by atoms with Crippen molar-refractivity contribution in [3.8, 4) is 0 Å². The van der Waals surface area contributed by atoms with Crippen LogP contribution in [0.2, 0.25) is 0 Å². The number of benzene rings is 4. The first-order valence-electron chi connectivity index (χ1n) is 10.8. The number of thiol groups is 2. The molecule has 162 valence electrons. The Morgan fingerprint density at radius 1 is 0.875 bits per heavy atom. The maximum absolute atomic E-state index is 11.6. The molecule has 0 heterocycles. The van der Waals surface area contributed by atoms with Crippen molar-refractivity contribution >= 4 is 52.8 Å². The van der Waals surface area contributed by atoms with E-state index in [1.54, 1.807) is 6.92 Å². The van der Waals surface area contributed by atoms with Gasteiger partial charge in [-0.1, -0.05) is 66.7 Å². The van der Waals surface area contributed by atoms with Gasteiger partial charge in [-0.3, -0.25) is 0 Å². The molecule has 4 aromatic rings. The van der Waals surface area contributed by atoms with Crippen LogP contribution in [0.25, 0.3) is 21.5 Å². The van der Waals surface area contributed by atoms with Crippen LogP contribution in [0, 0.1) is 0 Å². The van der Waals surface area contributed by atoms with E-state index in [2.05, 4.69) is 54.6 Å². The first kappa shape index (κ1) is 22.5. The fraction of sp³-hybridized carbons (Fsp3) is 0.179. The third-order valence-electron chi connectivity index (χ3n) is 6.06. The summed E-state index contributed by atoms with van der Waals surface area (Å²) < 4.78 is 0. The summed E-state index contributed by atoms with van der Waals surface area (Å²) in [6, 6.07) is 24.8. The molecule has 4 rings (SSSR count). The SMILES string of the molecule is C/C(=C\C(CCCc1c(S)ccc2ccccc12)c1c(S)ccc2ccccc12)C(=O)O. The molecule has 4 heteroatoms.